The summed E-state index contributed by atoms with van der Waals surface area (Å²) in [5.74, 6) is -0.364. The van der Waals surface area contributed by atoms with Gasteiger partial charge in [-0.05, 0) is 32.0 Å². The zero-order valence-corrected chi connectivity index (χ0v) is 11.3. The van der Waals surface area contributed by atoms with E-state index in [1.807, 2.05) is 13.8 Å². The van der Waals surface area contributed by atoms with E-state index in [0.29, 0.717) is 0 Å². The largest absolute Gasteiger partial charge is 0.416 e. The van der Waals surface area contributed by atoms with Gasteiger partial charge in [-0.25, -0.2) is 0 Å². The van der Waals surface area contributed by atoms with Gasteiger partial charge in [0.05, 0.1) is 36.1 Å². The van der Waals surface area contributed by atoms with Crippen molar-refractivity contribution in [2.24, 2.45) is 0 Å². The van der Waals surface area contributed by atoms with Crippen molar-refractivity contribution in [2.45, 2.75) is 32.5 Å². The van der Waals surface area contributed by atoms with Crippen LogP contribution in [0.15, 0.2) is 18.2 Å². The lowest BCUT2D eigenvalue weighted by Gasteiger charge is -2.12. The Morgan fingerprint density at radius 3 is 2.55 bits per heavy atom. The number of ether oxygens (including phenoxy) is 1. The third kappa shape index (κ3) is 5.08. The maximum atomic E-state index is 12.4. The van der Waals surface area contributed by atoms with Crippen LogP contribution in [0.4, 0.5) is 24.5 Å². The van der Waals surface area contributed by atoms with E-state index in [9.17, 15) is 18.0 Å². The van der Waals surface area contributed by atoms with E-state index in [4.69, 9.17) is 10.5 Å². The van der Waals surface area contributed by atoms with Crippen LogP contribution in [0.25, 0.3) is 0 Å². The fourth-order valence-corrected chi connectivity index (χ4v) is 1.45. The van der Waals surface area contributed by atoms with Gasteiger partial charge in [-0.1, -0.05) is 0 Å². The molecule has 0 saturated carbocycles. The Morgan fingerprint density at radius 2 is 2.05 bits per heavy atom. The van der Waals surface area contributed by atoms with Crippen molar-refractivity contribution in [3.8, 4) is 0 Å². The molecule has 4 nitrogen and oxygen atoms in total. The molecule has 3 N–H and O–H groups in total. The van der Waals surface area contributed by atoms with Crippen LogP contribution in [0.1, 0.15) is 25.8 Å². The standard InChI is InChI=1S/C13H17F3N2O2/c1-8(2)20-6-5-12(19)18-11-4-3-9(7-10(11)17)13(14,15)16/h3-4,7-8H,5-6,17H2,1-2H3,(H,18,19). The number of halogens is 3. The molecule has 20 heavy (non-hydrogen) atoms. The van der Waals surface area contributed by atoms with Gasteiger partial charge >= 0.3 is 6.18 Å². The molecule has 0 unspecified atom stereocenters. The number of nitrogens with one attached hydrogen (secondary N) is 1. The number of carbonyl (C=O) groups is 1. The van der Waals surface area contributed by atoms with Crippen LogP contribution in [-0.4, -0.2) is 18.6 Å². The second kappa shape index (κ2) is 6.60. The maximum absolute atomic E-state index is 12.4. The molecule has 7 heteroatoms. The molecule has 0 saturated heterocycles. The van der Waals surface area contributed by atoms with Gasteiger partial charge in [0.15, 0.2) is 0 Å². The summed E-state index contributed by atoms with van der Waals surface area (Å²) in [6.07, 6.45) is -4.33. The Hall–Kier alpha value is -1.76. The summed E-state index contributed by atoms with van der Waals surface area (Å²) in [6, 6.07) is 2.80. The fraction of sp³-hybridized carbons (Fsp3) is 0.462. The minimum atomic E-state index is -4.46. The molecule has 0 aliphatic carbocycles. The molecule has 1 rings (SSSR count). The molecular formula is C13H17F3N2O2. The Morgan fingerprint density at radius 1 is 1.40 bits per heavy atom. The van der Waals surface area contributed by atoms with Crippen molar-refractivity contribution < 1.29 is 22.7 Å². The number of nitrogen functional groups attached to an aromatic ring is 1. The highest BCUT2D eigenvalue weighted by atomic mass is 19.4. The average Bonchev–Trinajstić information content (AvgIpc) is 2.29. The molecule has 0 aliphatic heterocycles. The number of alkyl halides is 3. The number of anilines is 2. The minimum absolute atomic E-state index is 0.0129. The highest BCUT2D eigenvalue weighted by Gasteiger charge is 2.30. The van der Waals surface area contributed by atoms with Crippen molar-refractivity contribution in [1.29, 1.82) is 0 Å². The van der Waals surface area contributed by atoms with E-state index < -0.39 is 11.7 Å². The first-order valence-electron chi connectivity index (χ1n) is 6.08. The van der Waals surface area contributed by atoms with E-state index >= 15 is 0 Å². The lowest BCUT2D eigenvalue weighted by Crippen LogP contribution is -2.17. The predicted octanol–water partition coefficient (Wildman–Crippen LogP) is 3.04. The number of rotatable bonds is 5. The first-order valence-corrected chi connectivity index (χ1v) is 6.08. The molecule has 1 amide bonds. The lowest BCUT2D eigenvalue weighted by molar-refractivity contribution is -0.137. The van der Waals surface area contributed by atoms with Crippen LogP contribution in [0.3, 0.4) is 0 Å². The number of amides is 1. The van der Waals surface area contributed by atoms with E-state index in [0.717, 1.165) is 18.2 Å². The van der Waals surface area contributed by atoms with Gasteiger partial charge in [-0.3, -0.25) is 4.79 Å². The first kappa shape index (κ1) is 16.3. The van der Waals surface area contributed by atoms with Crippen LogP contribution in [0.2, 0.25) is 0 Å². The Bertz CT molecular complexity index is 473. The number of benzene rings is 1. The maximum Gasteiger partial charge on any atom is 0.416 e. The molecule has 0 aliphatic rings. The second-order valence-corrected chi connectivity index (χ2v) is 4.52. The van der Waals surface area contributed by atoms with E-state index in [1.165, 1.54) is 0 Å². The van der Waals surface area contributed by atoms with E-state index in [1.54, 1.807) is 0 Å². The molecule has 112 valence electrons. The molecule has 1 aromatic carbocycles. The average molecular weight is 290 g/mol. The third-order valence-corrected chi connectivity index (χ3v) is 2.43. The van der Waals surface area contributed by atoms with Crippen LogP contribution in [0, 0.1) is 0 Å². The van der Waals surface area contributed by atoms with Crippen LogP contribution in [-0.2, 0) is 15.7 Å². The summed E-state index contributed by atoms with van der Waals surface area (Å²) in [5, 5.41) is 2.45. The first-order chi connectivity index (χ1) is 9.20. The molecule has 0 bridgehead atoms. The van der Waals surface area contributed by atoms with Crippen LogP contribution < -0.4 is 11.1 Å². The Balaban J connectivity index is 2.62. The fourth-order valence-electron chi connectivity index (χ4n) is 1.45. The number of hydrogen-bond acceptors (Lipinski definition) is 3. The number of carbonyl (C=O) groups excluding carboxylic acids is 1. The highest BCUT2D eigenvalue weighted by Crippen LogP contribution is 2.32. The smallest absolute Gasteiger partial charge is 0.397 e. The SMILES string of the molecule is CC(C)OCCC(=O)Nc1ccc(C(F)(F)F)cc1N. The van der Waals surface area contributed by atoms with Gasteiger partial charge in [-0.2, -0.15) is 13.2 Å². The molecule has 0 spiro atoms. The summed E-state index contributed by atoms with van der Waals surface area (Å²) < 4.78 is 42.5. The number of nitrogens with two attached hydrogens (primary N) is 1. The summed E-state index contributed by atoms with van der Waals surface area (Å²) in [7, 11) is 0. The zero-order valence-electron chi connectivity index (χ0n) is 11.3. The van der Waals surface area contributed by atoms with Gasteiger partial charge in [0.2, 0.25) is 5.91 Å². The molecule has 0 atom stereocenters. The molecule has 0 heterocycles. The molecule has 0 fully saturated rings. The summed E-state index contributed by atoms with van der Waals surface area (Å²) in [4.78, 5) is 11.6. The van der Waals surface area contributed by atoms with Gasteiger partial charge < -0.3 is 15.8 Å². The van der Waals surface area contributed by atoms with E-state index in [-0.39, 0.29) is 36.4 Å². The van der Waals surface area contributed by atoms with Gasteiger partial charge in [0.1, 0.15) is 0 Å². The highest BCUT2D eigenvalue weighted by molar-refractivity contribution is 5.93. The van der Waals surface area contributed by atoms with E-state index in [2.05, 4.69) is 5.32 Å². The third-order valence-electron chi connectivity index (χ3n) is 2.43. The van der Waals surface area contributed by atoms with Crippen LogP contribution >= 0.6 is 0 Å². The molecule has 0 aromatic heterocycles. The molecule has 1 aromatic rings. The summed E-state index contributed by atoms with van der Waals surface area (Å²) in [6.45, 7) is 3.92. The lowest BCUT2D eigenvalue weighted by atomic mass is 10.1. The van der Waals surface area contributed by atoms with Gasteiger partial charge in [-0.15, -0.1) is 0 Å². The Labute approximate surface area is 115 Å². The minimum Gasteiger partial charge on any atom is -0.397 e. The topological polar surface area (TPSA) is 64.3 Å². The van der Waals surface area contributed by atoms with Crippen molar-refractivity contribution in [3.05, 3.63) is 23.8 Å². The molecule has 0 radical (unpaired) electrons. The Kier molecular flexibility index (Phi) is 5.38. The van der Waals surface area contributed by atoms with Gasteiger partial charge in [0, 0.05) is 0 Å². The van der Waals surface area contributed by atoms with Crippen molar-refractivity contribution in [1.82, 2.24) is 0 Å². The van der Waals surface area contributed by atoms with Crippen molar-refractivity contribution in [2.75, 3.05) is 17.7 Å². The van der Waals surface area contributed by atoms with Crippen molar-refractivity contribution in [3.63, 3.8) is 0 Å². The monoisotopic (exact) mass is 290 g/mol. The summed E-state index contributed by atoms with van der Waals surface area (Å²) >= 11 is 0. The van der Waals surface area contributed by atoms with Gasteiger partial charge in [0.25, 0.3) is 0 Å². The quantitative estimate of drug-likeness (QED) is 0.819. The summed E-state index contributed by atoms with van der Waals surface area (Å²) in [5.41, 5.74) is 4.68. The normalized spacial score (nSPS) is 11.7. The molecular weight excluding hydrogens is 273 g/mol. The van der Waals surface area contributed by atoms with Crippen LogP contribution in [0.5, 0.6) is 0 Å². The van der Waals surface area contributed by atoms with Crippen molar-refractivity contribution >= 4 is 17.3 Å². The predicted molar refractivity (Wildman–Crippen MR) is 70.2 cm³/mol. The number of hydrogen-bond donors (Lipinski definition) is 2. The second-order valence-electron chi connectivity index (χ2n) is 4.52. The zero-order chi connectivity index (χ0) is 15.3.